The number of hydrogen-bond donors (Lipinski definition) is 2. The van der Waals surface area contributed by atoms with Gasteiger partial charge in [-0.1, -0.05) is 24.3 Å². The summed E-state index contributed by atoms with van der Waals surface area (Å²) in [6.07, 6.45) is 2.02. The second kappa shape index (κ2) is 7.29. The number of benzene rings is 2. The van der Waals surface area contributed by atoms with E-state index in [1.807, 2.05) is 31.2 Å². The second-order valence-corrected chi connectivity index (χ2v) is 8.35. The Labute approximate surface area is 152 Å². The normalized spacial score (nSPS) is 12.8. The summed E-state index contributed by atoms with van der Waals surface area (Å²) in [6, 6.07) is 14.1. The summed E-state index contributed by atoms with van der Waals surface area (Å²) in [5.41, 5.74) is 2.71. The fraction of sp³-hybridized carbons (Fsp3) is 0.263. The minimum Gasteiger partial charge on any atom is -0.350 e. The van der Waals surface area contributed by atoms with Gasteiger partial charge < -0.3 is 10.3 Å². The first-order chi connectivity index (χ1) is 12.3. The molecule has 7 heteroatoms. The van der Waals surface area contributed by atoms with Crippen molar-refractivity contribution >= 4 is 26.8 Å². The number of carbonyl (C=O) groups is 1. The number of rotatable bonds is 6. The third kappa shape index (κ3) is 4.29. The number of carbonyl (C=O) groups excluding carboxylic acids is 1. The average Bonchev–Trinajstić information content (AvgIpc) is 3.02. The number of aromatic amines is 1. The van der Waals surface area contributed by atoms with Gasteiger partial charge in [0.2, 0.25) is 5.91 Å². The molecule has 26 heavy (non-hydrogen) atoms. The van der Waals surface area contributed by atoms with Crippen LogP contribution in [0.4, 0.5) is 0 Å². The molecule has 1 heterocycles. The predicted molar refractivity (Wildman–Crippen MR) is 101 cm³/mol. The van der Waals surface area contributed by atoms with Gasteiger partial charge in [0, 0.05) is 19.1 Å². The zero-order valence-corrected chi connectivity index (χ0v) is 15.5. The van der Waals surface area contributed by atoms with Gasteiger partial charge >= 0.3 is 0 Å². The fourth-order valence-corrected chi connectivity index (χ4v) is 3.39. The average molecular weight is 371 g/mol. The Morgan fingerprint density at radius 1 is 1.15 bits per heavy atom. The molecule has 0 spiro atoms. The number of nitrogens with zero attached hydrogens (tertiary/aromatic N) is 1. The van der Waals surface area contributed by atoms with Gasteiger partial charge in [0.05, 0.1) is 22.0 Å². The Hall–Kier alpha value is -2.67. The van der Waals surface area contributed by atoms with Crippen molar-refractivity contribution in [1.82, 2.24) is 15.3 Å². The van der Waals surface area contributed by atoms with Crippen LogP contribution in [0.15, 0.2) is 53.4 Å². The molecule has 2 N–H and O–H groups in total. The van der Waals surface area contributed by atoms with E-state index in [4.69, 9.17) is 0 Å². The van der Waals surface area contributed by atoms with E-state index < -0.39 is 9.84 Å². The van der Waals surface area contributed by atoms with Gasteiger partial charge in [-0.15, -0.1) is 0 Å². The molecule has 3 rings (SSSR count). The first-order valence-corrected chi connectivity index (χ1v) is 10.2. The second-order valence-electron chi connectivity index (χ2n) is 6.33. The molecule has 1 aromatic heterocycles. The maximum atomic E-state index is 12.2. The highest BCUT2D eigenvalue weighted by atomic mass is 32.2. The zero-order chi connectivity index (χ0) is 18.7. The van der Waals surface area contributed by atoms with E-state index in [0.717, 1.165) is 22.4 Å². The van der Waals surface area contributed by atoms with E-state index in [1.54, 1.807) is 24.3 Å². The van der Waals surface area contributed by atoms with E-state index in [0.29, 0.717) is 12.8 Å². The van der Waals surface area contributed by atoms with Crippen LogP contribution in [-0.4, -0.2) is 30.5 Å². The number of para-hydroxylation sites is 2. The minimum atomic E-state index is -3.22. The van der Waals surface area contributed by atoms with E-state index in [2.05, 4.69) is 15.3 Å². The summed E-state index contributed by atoms with van der Waals surface area (Å²) in [4.78, 5) is 20.1. The third-order valence-electron chi connectivity index (χ3n) is 4.21. The SMILES string of the molecule is CC(NC(=O)CCc1nc2ccccc2[nH]1)c1ccc(S(C)(=O)=O)cc1. The number of amides is 1. The molecule has 0 fully saturated rings. The van der Waals surface area contributed by atoms with Crippen molar-refractivity contribution in [2.75, 3.05) is 6.26 Å². The molecule has 6 nitrogen and oxygen atoms in total. The standard InChI is InChI=1S/C19H21N3O3S/c1-13(14-7-9-15(10-8-14)26(2,24)25)20-19(23)12-11-18-21-16-5-3-4-6-17(16)22-18/h3-10,13H,11-12H2,1-2H3,(H,20,23)(H,21,22). The van der Waals surface area contributed by atoms with Crippen molar-refractivity contribution in [3.63, 3.8) is 0 Å². The van der Waals surface area contributed by atoms with Crippen LogP contribution in [0.3, 0.4) is 0 Å². The molecule has 136 valence electrons. The minimum absolute atomic E-state index is 0.0786. The number of H-pyrrole nitrogens is 1. The summed E-state index contributed by atoms with van der Waals surface area (Å²) >= 11 is 0. The van der Waals surface area contributed by atoms with Crippen LogP contribution in [0.25, 0.3) is 11.0 Å². The molecule has 0 aliphatic heterocycles. The highest BCUT2D eigenvalue weighted by Gasteiger charge is 2.12. The number of fused-ring (bicyclic) bond motifs is 1. The van der Waals surface area contributed by atoms with Gasteiger partial charge in [-0.05, 0) is 36.8 Å². The van der Waals surface area contributed by atoms with Gasteiger partial charge in [-0.3, -0.25) is 4.79 Å². The molecule has 1 atom stereocenters. The summed E-state index contributed by atoms with van der Waals surface area (Å²) in [5, 5.41) is 2.93. The summed E-state index contributed by atoms with van der Waals surface area (Å²) in [5.74, 6) is 0.705. The molecule has 1 amide bonds. The van der Waals surface area contributed by atoms with Crippen LogP contribution in [0.2, 0.25) is 0 Å². The largest absolute Gasteiger partial charge is 0.350 e. The smallest absolute Gasteiger partial charge is 0.220 e. The highest BCUT2D eigenvalue weighted by molar-refractivity contribution is 7.90. The highest BCUT2D eigenvalue weighted by Crippen LogP contribution is 2.17. The van der Waals surface area contributed by atoms with Crippen molar-refractivity contribution in [1.29, 1.82) is 0 Å². The molecule has 3 aromatic rings. The Bertz CT molecular complexity index is 991. The Morgan fingerprint density at radius 3 is 2.50 bits per heavy atom. The quantitative estimate of drug-likeness (QED) is 0.697. The van der Waals surface area contributed by atoms with Gasteiger partial charge in [-0.25, -0.2) is 13.4 Å². The summed E-state index contributed by atoms with van der Waals surface area (Å²) in [6.45, 7) is 1.87. The number of hydrogen-bond acceptors (Lipinski definition) is 4. The van der Waals surface area contributed by atoms with Gasteiger partial charge in [-0.2, -0.15) is 0 Å². The molecule has 0 aliphatic carbocycles. The van der Waals surface area contributed by atoms with Crippen molar-refractivity contribution in [3.05, 3.63) is 59.9 Å². The fourth-order valence-electron chi connectivity index (χ4n) is 2.76. The van der Waals surface area contributed by atoms with Crippen LogP contribution in [0.1, 0.15) is 30.8 Å². The lowest BCUT2D eigenvalue weighted by Gasteiger charge is -2.14. The molecule has 0 bridgehead atoms. The lowest BCUT2D eigenvalue weighted by atomic mass is 10.1. The molecular formula is C19H21N3O3S. The number of sulfone groups is 1. The van der Waals surface area contributed by atoms with E-state index >= 15 is 0 Å². The van der Waals surface area contributed by atoms with Crippen molar-refractivity contribution in [2.24, 2.45) is 0 Å². The zero-order valence-electron chi connectivity index (χ0n) is 14.7. The van der Waals surface area contributed by atoms with Gasteiger partial charge in [0.1, 0.15) is 5.82 Å². The van der Waals surface area contributed by atoms with Crippen LogP contribution in [0, 0.1) is 0 Å². The number of imidazole rings is 1. The van der Waals surface area contributed by atoms with Crippen LogP contribution < -0.4 is 5.32 Å². The Balaban J connectivity index is 1.57. The van der Waals surface area contributed by atoms with Crippen molar-refractivity contribution in [3.8, 4) is 0 Å². The molecule has 0 radical (unpaired) electrons. The monoisotopic (exact) mass is 371 g/mol. The topological polar surface area (TPSA) is 91.9 Å². The lowest BCUT2D eigenvalue weighted by molar-refractivity contribution is -0.121. The molecule has 1 unspecified atom stereocenters. The summed E-state index contributed by atoms with van der Waals surface area (Å²) < 4.78 is 23.0. The number of aryl methyl sites for hydroxylation is 1. The lowest BCUT2D eigenvalue weighted by Crippen LogP contribution is -2.26. The number of aromatic nitrogens is 2. The number of nitrogens with one attached hydrogen (secondary N) is 2. The maximum absolute atomic E-state index is 12.2. The molecular weight excluding hydrogens is 350 g/mol. The van der Waals surface area contributed by atoms with Crippen LogP contribution in [-0.2, 0) is 21.1 Å². The molecule has 2 aromatic carbocycles. The van der Waals surface area contributed by atoms with Crippen molar-refractivity contribution < 1.29 is 13.2 Å². The van der Waals surface area contributed by atoms with Crippen molar-refractivity contribution in [2.45, 2.75) is 30.7 Å². The van der Waals surface area contributed by atoms with Gasteiger partial charge in [0.15, 0.2) is 9.84 Å². The van der Waals surface area contributed by atoms with E-state index in [1.165, 1.54) is 6.26 Å². The predicted octanol–water partition coefficient (Wildman–Crippen LogP) is 2.78. The first-order valence-electron chi connectivity index (χ1n) is 8.36. The Morgan fingerprint density at radius 2 is 1.85 bits per heavy atom. The Kier molecular flexibility index (Phi) is 5.08. The molecule has 0 aliphatic rings. The summed E-state index contributed by atoms with van der Waals surface area (Å²) in [7, 11) is -3.22. The molecule has 0 saturated carbocycles. The van der Waals surface area contributed by atoms with Gasteiger partial charge in [0.25, 0.3) is 0 Å². The van der Waals surface area contributed by atoms with Crippen LogP contribution in [0.5, 0.6) is 0 Å². The molecule has 0 saturated heterocycles. The maximum Gasteiger partial charge on any atom is 0.220 e. The van der Waals surface area contributed by atoms with Crippen LogP contribution >= 0.6 is 0 Å². The van der Waals surface area contributed by atoms with E-state index in [-0.39, 0.29) is 16.8 Å². The first kappa shape index (κ1) is 18.1. The van der Waals surface area contributed by atoms with E-state index in [9.17, 15) is 13.2 Å². The third-order valence-corrected chi connectivity index (χ3v) is 5.34.